The summed E-state index contributed by atoms with van der Waals surface area (Å²) in [6, 6.07) is 0. The monoisotopic (exact) mass is 253 g/mol. The zero-order valence-corrected chi connectivity index (χ0v) is 11.0. The molecule has 1 amide bonds. The summed E-state index contributed by atoms with van der Waals surface area (Å²) in [6.07, 6.45) is 3.02. The largest absolute Gasteiger partial charge is 0.478 e. The van der Waals surface area contributed by atoms with Crippen LogP contribution in [0.2, 0.25) is 0 Å². The smallest absolute Gasteiger partial charge is 0.339 e. The quantitative estimate of drug-likeness (QED) is 0.831. The molecular formula is C12H19N3O3. The van der Waals surface area contributed by atoms with Crippen molar-refractivity contribution >= 4 is 11.9 Å². The lowest BCUT2D eigenvalue weighted by Crippen LogP contribution is -2.33. The van der Waals surface area contributed by atoms with E-state index in [-0.39, 0.29) is 17.2 Å². The Hall–Kier alpha value is -1.85. The van der Waals surface area contributed by atoms with Crippen LogP contribution in [0.3, 0.4) is 0 Å². The van der Waals surface area contributed by atoms with E-state index in [0.717, 1.165) is 12.8 Å². The number of nitrogens with zero attached hydrogens (tertiary/aromatic N) is 3. The summed E-state index contributed by atoms with van der Waals surface area (Å²) in [7, 11) is 1.60. The van der Waals surface area contributed by atoms with Crippen LogP contribution in [0.25, 0.3) is 0 Å². The van der Waals surface area contributed by atoms with Gasteiger partial charge >= 0.3 is 5.97 Å². The molecule has 0 aromatic carbocycles. The van der Waals surface area contributed by atoms with Crippen LogP contribution in [0, 0.1) is 0 Å². The van der Waals surface area contributed by atoms with Gasteiger partial charge in [0.2, 0.25) is 0 Å². The lowest BCUT2D eigenvalue weighted by atomic mass is 10.2. The van der Waals surface area contributed by atoms with Gasteiger partial charge in [0.1, 0.15) is 5.56 Å². The Bertz CT molecular complexity index is 434. The van der Waals surface area contributed by atoms with Gasteiger partial charge in [-0.15, -0.1) is 0 Å². The molecule has 0 spiro atoms. The van der Waals surface area contributed by atoms with Crippen molar-refractivity contribution in [2.45, 2.75) is 26.7 Å². The number of rotatable bonds is 6. The highest BCUT2D eigenvalue weighted by Gasteiger charge is 2.24. The molecule has 6 heteroatoms. The third kappa shape index (κ3) is 3.09. The highest BCUT2D eigenvalue weighted by molar-refractivity contribution is 6.03. The maximum atomic E-state index is 12.3. The van der Waals surface area contributed by atoms with Crippen molar-refractivity contribution in [2.75, 3.05) is 13.1 Å². The first-order valence-corrected chi connectivity index (χ1v) is 6.07. The average Bonchev–Trinajstić information content (AvgIpc) is 2.70. The van der Waals surface area contributed by atoms with Crippen molar-refractivity contribution in [2.24, 2.45) is 7.05 Å². The van der Waals surface area contributed by atoms with E-state index in [1.165, 1.54) is 10.9 Å². The molecule has 0 aliphatic carbocycles. The summed E-state index contributed by atoms with van der Waals surface area (Å²) < 4.78 is 1.35. The molecule has 1 heterocycles. The van der Waals surface area contributed by atoms with Crippen molar-refractivity contribution < 1.29 is 14.7 Å². The number of carbonyl (C=O) groups excluding carboxylic acids is 1. The van der Waals surface area contributed by atoms with Crippen LogP contribution in [-0.2, 0) is 7.05 Å². The molecule has 0 unspecified atom stereocenters. The van der Waals surface area contributed by atoms with E-state index in [1.54, 1.807) is 11.9 Å². The Morgan fingerprint density at radius 3 is 2.33 bits per heavy atom. The second-order valence-electron chi connectivity index (χ2n) is 4.16. The molecule has 1 rings (SSSR count). The van der Waals surface area contributed by atoms with Gasteiger partial charge in [-0.3, -0.25) is 9.48 Å². The van der Waals surface area contributed by atoms with Crippen molar-refractivity contribution in [1.29, 1.82) is 0 Å². The van der Waals surface area contributed by atoms with Crippen LogP contribution < -0.4 is 0 Å². The van der Waals surface area contributed by atoms with Crippen molar-refractivity contribution in [3.05, 3.63) is 17.5 Å². The highest BCUT2D eigenvalue weighted by Crippen LogP contribution is 2.11. The topological polar surface area (TPSA) is 75.4 Å². The average molecular weight is 253 g/mol. The molecule has 1 aromatic heterocycles. The Morgan fingerprint density at radius 2 is 1.89 bits per heavy atom. The molecule has 0 saturated heterocycles. The molecule has 0 fully saturated rings. The normalized spacial score (nSPS) is 10.4. The standard InChI is InChI=1S/C12H19N3O3/c1-4-6-15(7-5-2)11(16)10-9(12(17)18)8-14(3)13-10/h8H,4-7H2,1-3H3,(H,17,18). The number of hydrogen-bond acceptors (Lipinski definition) is 3. The SMILES string of the molecule is CCCN(CCC)C(=O)c1nn(C)cc1C(=O)O. The van der Waals surface area contributed by atoms with Crippen LogP contribution in [-0.4, -0.2) is 44.8 Å². The number of aromatic carboxylic acids is 1. The first kappa shape index (κ1) is 14.2. The molecule has 0 aliphatic rings. The van der Waals surface area contributed by atoms with Gasteiger partial charge in [0.05, 0.1) is 0 Å². The summed E-state index contributed by atoms with van der Waals surface area (Å²) in [5, 5.41) is 13.0. The summed E-state index contributed by atoms with van der Waals surface area (Å²) in [6.45, 7) is 5.18. The van der Waals surface area contributed by atoms with E-state index >= 15 is 0 Å². The second-order valence-corrected chi connectivity index (χ2v) is 4.16. The molecule has 1 N–H and O–H groups in total. The van der Waals surface area contributed by atoms with E-state index < -0.39 is 5.97 Å². The van der Waals surface area contributed by atoms with Crippen LogP contribution in [0.1, 0.15) is 47.5 Å². The van der Waals surface area contributed by atoms with Crippen LogP contribution >= 0.6 is 0 Å². The van der Waals surface area contributed by atoms with Gasteiger partial charge in [0, 0.05) is 26.3 Å². The molecule has 100 valence electrons. The molecule has 0 aliphatic heterocycles. The van der Waals surface area contributed by atoms with E-state index in [2.05, 4.69) is 5.10 Å². The molecule has 6 nitrogen and oxygen atoms in total. The van der Waals surface area contributed by atoms with E-state index in [4.69, 9.17) is 5.11 Å². The number of amides is 1. The predicted molar refractivity (Wildman–Crippen MR) is 66.7 cm³/mol. The zero-order chi connectivity index (χ0) is 13.7. The molecular weight excluding hydrogens is 234 g/mol. The highest BCUT2D eigenvalue weighted by atomic mass is 16.4. The van der Waals surface area contributed by atoms with Crippen LogP contribution in [0.5, 0.6) is 0 Å². The maximum Gasteiger partial charge on any atom is 0.339 e. The minimum atomic E-state index is -1.13. The lowest BCUT2D eigenvalue weighted by Gasteiger charge is -2.20. The Labute approximate surface area is 106 Å². The van der Waals surface area contributed by atoms with Crippen LogP contribution in [0.4, 0.5) is 0 Å². The minimum Gasteiger partial charge on any atom is -0.478 e. The van der Waals surface area contributed by atoms with Gasteiger partial charge in [0.15, 0.2) is 5.69 Å². The van der Waals surface area contributed by atoms with Gasteiger partial charge in [-0.05, 0) is 12.8 Å². The Morgan fingerprint density at radius 1 is 1.33 bits per heavy atom. The van der Waals surface area contributed by atoms with E-state index in [9.17, 15) is 9.59 Å². The van der Waals surface area contributed by atoms with E-state index in [1.807, 2.05) is 13.8 Å². The third-order valence-electron chi connectivity index (χ3n) is 2.54. The molecule has 1 aromatic rings. The summed E-state index contributed by atoms with van der Waals surface area (Å²) in [5.74, 6) is -1.43. The number of carbonyl (C=O) groups is 2. The van der Waals surface area contributed by atoms with Crippen molar-refractivity contribution in [3.63, 3.8) is 0 Å². The third-order valence-corrected chi connectivity index (χ3v) is 2.54. The number of aryl methyl sites for hydroxylation is 1. The number of hydrogen-bond donors (Lipinski definition) is 1. The van der Waals surface area contributed by atoms with Gasteiger partial charge < -0.3 is 10.0 Å². The summed E-state index contributed by atoms with van der Waals surface area (Å²) >= 11 is 0. The van der Waals surface area contributed by atoms with Crippen molar-refractivity contribution in [1.82, 2.24) is 14.7 Å². The van der Waals surface area contributed by atoms with E-state index in [0.29, 0.717) is 13.1 Å². The number of carboxylic acid groups (broad SMARTS) is 1. The fourth-order valence-corrected chi connectivity index (χ4v) is 1.81. The molecule has 18 heavy (non-hydrogen) atoms. The lowest BCUT2D eigenvalue weighted by molar-refractivity contribution is 0.0674. The second kappa shape index (κ2) is 6.18. The van der Waals surface area contributed by atoms with Crippen LogP contribution in [0.15, 0.2) is 6.20 Å². The van der Waals surface area contributed by atoms with Gasteiger partial charge in [0.25, 0.3) is 5.91 Å². The summed E-state index contributed by atoms with van der Waals surface area (Å²) in [5.41, 5.74) is -0.0217. The first-order valence-electron chi connectivity index (χ1n) is 6.07. The summed E-state index contributed by atoms with van der Waals surface area (Å²) in [4.78, 5) is 25.0. The minimum absolute atomic E-state index is 0.0203. The Balaban J connectivity index is 3.03. The molecule has 0 bridgehead atoms. The maximum absolute atomic E-state index is 12.3. The molecule has 0 atom stereocenters. The van der Waals surface area contributed by atoms with Gasteiger partial charge in [-0.25, -0.2) is 4.79 Å². The number of carboxylic acids is 1. The fraction of sp³-hybridized carbons (Fsp3) is 0.583. The predicted octanol–water partition coefficient (Wildman–Crippen LogP) is 1.38. The fourth-order valence-electron chi connectivity index (χ4n) is 1.81. The van der Waals surface area contributed by atoms with Gasteiger partial charge in [-0.2, -0.15) is 5.10 Å². The van der Waals surface area contributed by atoms with Gasteiger partial charge in [-0.1, -0.05) is 13.8 Å². The molecule has 0 radical (unpaired) electrons. The Kier molecular flexibility index (Phi) is 4.88. The zero-order valence-electron chi connectivity index (χ0n) is 11.0. The molecule has 0 saturated carbocycles. The first-order chi connectivity index (χ1) is 8.51. The number of aromatic nitrogens is 2. The van der Waals surface area contributed by atoms with Crippen molar-refractivity contribution in [3.8, 4) is 0 Å².